The zero-order chi connectivity index (χ0) is 12.1. The van der Waals surface area contributed by atoms with E-state index in [2.05, 4.69) is 13.8 Å². The van der Waals surface area contributed by atoms with Crippen LogP contribution in [0.3, 0.4) is 0 Å². The molecule has 0 fully saturated rings. The minimum Gasteiger partial charge on any atom is -0.387 e. The molecule has 0 spiro atoms. The van der Waals surface area contributed by atoms with Crippen LogP contribution in [0.4, 0.5) is 0 Å². The number of aliphatic hydroxyl groups is 1. The van der Waals surface area contributed by atoms with E-state index in [1.165, 1.54) is 0 Å². The summed E-state index contributed by atoms with van der Waals surface area (Å²) in [7, 11) is 0. The zero-order valence-electron chi connectivity index (χ0n) is 9.41. The lowest BCUT2D eigenvalue weighted by Gasteiger charge is -2.13. The highest BCUT2D eigenvalue weighted by Gasteiger charge is 2.13. The van der Waals surface area contributed by atoms with Crippen LogP contribution >= 0.6 is 35.0 Å². The van der Waals surface area contributed by atoms with Gasteiger partial charge in [-0.25, -0.2) is 0 Å². The number of hydrogen-bond donors (Lipinski definition) is 1. The predicted octanol–water partition coefficient (Wildman–Crippen LogP) is 4.42. The summed E-state index contributed by atoms with van der Waals surface area (Å²) in [5.74, 6) is 2.32. The molecule has 1 unspecified atom stereocenters. The molecule has 4 heteroatoms. The number of hydrogen-bond acceptors (Lipinski definition) is 2. The van der Waals surface area contributed by atoms with Gasteiger partial charge < -0.3 is 5.11 Å². The minimum absolute atomic E-state index is 0.460. The molecule has 16 heavy (non-hydrogen) atoms. The third kappa shape index (κ3) is 4.17. The van der Waals surface area contributed by atoms with E-state index in [1.807, 2.05) is 6.07 Å². The highest BCUT2D eigenvalue weighted by atomic mass is 35.5. The number of halogens is 2. The van der Waals surface area contributed by atoms with Crippen LogP contribution < -0.4 is 0 Å². The van der Waals surface area contributed by atoms with Crippen LogP contribution in [0.2, 0.25) is 10.0 Å². The number of thioether (sulfide) groups is 1. The Morgan fingerprint density at radius 1 is 1.25 bits per heavy atom. The molecule has 0 bridgehead atoms. The maximum atomic E-state index is 9.97. The summed E-state index contributed by atoms with van der Waals surface area (Å²) in [6.45, 7) is 4.32. The summed E-state index contributed by atoms with van der Waals surface area (Å²) in [6.07, 6.45) is -0.546. The van der Waals surface area contributed by atoms with Gasteiger partial charge in [-0.15, -0.1) is 0 Å². The standard InChI is InChI=1S/C12H16Cl2OS/c1-8(2)6-16-7-11(15)9-4-3-5-10(13)12(9)14/h3-5,8,11,15H,6-7H2,1-2H3. The second-order valence-electron chi connectivity index (χ2n) is 4.09. The second-order valence-corrected chi connectivity index (χ2v) is 5.95. The first-order valence-corrected chi connectivity index (χ1v) is 7.13. The largest absolute Gasteiger partial charge is 0.387 e. The summed E-state index contributed by atoms with van der Waals surface area (Å²) in [6, 6.07) is 5.34. The lowest BCUT2D eigenvalue weighted by atomic mass is 10.1. The van der Waals surface area contributed by atoms with Crippen LogP contribution in [0.5, 0.6) is 0 Å². The molecule has 1 aromatic rings. The van der Waals surface area contributed by atoms with Gasteiger partial charge in [-0.3, -0.25) is 0 Å². The maximum Gasteiger partial charge on any atom is 0.0895 e. The summed E-state index contributed by atoms with van der Waals surface area (Å²) >= 11 is 13.6. The van der Waals surface area contributed by atoms with Crippen LogP contribution in [-0.2, 0) is 0 Å². The molecule has 0 radical (unpaired) electrons. The maximum absolute atomic E-state index is 9.97. The molecule has 0 saturated heterocycles. The van der Waals surface area contributed by atoms with Gasteiger partial charge >= 0.3 is 0 Å². The van der Waals surface area contributed by atoms with E-state index in [0.29, 0.717) is 27.3 Å². The van der Waals surface area contributed by atoms with Crippen molar-refractivity contribution >= 4 is 35.0 Å². The van der Waals surface area contributed by atoms with E-state index in [9.17, 15) is 5.11 Å². The van der Waals surface area contributed by atoms with Gasteiger partial charge in [-0.1, -0.05) is 49.2 Å². The molecule has 0 saturated carbocycles. The lowest BCUT2D eigenvalue weighted by Crippen LogP contribution is -2.03. The SMILES string of the molecule is CC(C)CSCC(O)c1cccc(Cl)c1Cl. The Hall–Kier alpha value is 0.110. The Kier molecular flexibility index (Phi) is 5.98. The lowest BCUT2D eigenvalue weighted by molar-refractivity contribution is 0.204. The first-order valence-electron chi connectivity index (χ1n) is 5.22. The summed E-state index contributed by atoms with van der Waals surface area (Å²) in [5, 5.41) is 10.9. The van der Waals surface area contributed by atoms with Crippen molar-refractivity contribution in [2.75, 3.05) is 11.5 Å². The molecule has 1 atom stereocenters. The topological polar surface area (TPSA) is 20.2 Å². The van der Waals surface area contributed by atoms with Crippen LogP contribution in [-0.4, -0.2) is 16.6 Å². The van der Waals surface area contributed by atoms with E-state index in [1.54, 1.807) is 23.9 Å². The van der Waals surface area contributed by atoms with Crippen molar-refractivity contribution in [1.82, 2.24) is 0 Å². The monoisotopic (exact) mass is 278 g/mol. The van der Waals surface area contributed by atoms with Gasteiger partial charge in [0.1, 0.15) is 0 Å². The van der Waals surface area contributed by atoms with Gasteiger partial charge in [-0.05, 0) is 17.7 Å². The van der Waals surface area contributed by atoms with E-state index in [0.717, 1.165) is 5.75 Å². The van der Waals surface area contributed by atoms with Crippen molar-refractivity contribution in [2.45, 2.75) is 20.0 Å². The number of benzene rings is 1. The molecule has 0 aliphatic carbocycles. The van der Waals surface area contributed by atoms with Crippen LogP contribution in [0.15, 0.2) is 18.2 Å². The second kappa shape index (κ2) is 6.75. The molecule has 1 nitrogen and oxygen atoms in total. The quantitative estimate of drug-likeness (QED) is 0.861. The summed E-state index contributed by atoms with van der Waals surface area (Å²) < 4.78 is 0. The van der Waals surface area contributed by atoms with Crippen molar-refractivity contribution in [2.24, 2.45) is 5.92 Å². The summed E-state index contributed by atoms with van der Waals surface area (Å²) in [5.41, 5.74) is 0.713. The highest BCUT2D eigenvalue weighted by molar-refractivity contribution is 7.99. The van der Waals surface area contributed by atoms with Gasteiger partial charge in [0.15, 0.2) is 0 Å². The van der Waals surface area contributed by atoms with E-state index in [-0.39, 0.29) is 0 Å². The van der Waals surface area contributed by atoms with Crippen molar-refractivity contribution in [3.8, 4) is 0 Å². The average molecular weight is 279 g/mol. The Balaban J connectivity index is 2.59. The zero-order valence-corrected chi connectivity index (χ0v) is 11.7. The van der Waals surface area contributed by atoms with Gasteiger partial charge in [0, 0.05) is 11.3 Å². The van der Waals surface area contributed by atoms with Crippen LogP contribution in [0, 0.1) is 5.92 Å². The van der Waals surface area contributed by atoms with Gasteiger partial charge in [0.25, 0.3) is 0 Å². The molecule has 1 aromatic carbocycles. The summed E-state index contributed by atoms with van der Waals surface area (Å²) in [4.78, 5) is 0. The smallest absolute Gasteiger partial charge is 0.0895 e. The number of rotatable bonds is 5. The molecular formula is C12H16Cl2OS. The van der Waals surface area contributed by atoms with Crippen molar-refractivity contribution in [3.63, 3.8) is 0 Å². The Morgan fingerprint density at radius 2 is 1.94 bits per heavy atom. The van der Waals surface area contributed by atoms with Gasteiger partial charge in [-0.2, -0.15) is 11.8 Å². The normalized spacial score (nSPS) is 13.1. The molecule has 0 heterocycles. The molecule has 90 valence electrons. The first-order chi connectivity index (χ1) is 7.52. The fourth-order valence-corrected chi connectivity index (χ4v) is 2.73. The molecular weight excluding hydrogens is 263 g/mol. The van der Waals surface area contributed by atoms with Crippen molar-refractivity contribution in [1.29, 1.82) is 0 Å². The average Bonchev–Trinajstić information content (AvgIpc) is 2.21. The van der Waals surface area contributed by atoms with E-state index >= 15 is 0 Å². The van der Waals surface area contributed by atoms with Gasteiger partial charge in [0.2, 0.25) is 0 Å². The van der Waals surface area contributed by atoms with E-state index in [4.69, 9.17) is 23.2 Å². The van der Waals surface area contributed by atoms with Crippen molar-refractivity contribution < 1.29 is 5.11 Å². The molecule has 0 aliphatic heterocycles. The molecule has 1 N–H and O–H groups in total. The van der Waals surface area contributed by atoms with Gasteiger partial charge in [0.05, 0.1) is 16.1 Å². The molecule has 0 aromatic heterocycles. The van der Waals surface area contributed by atoms with Crippen molar-refractivity contribution in [3.05, 3.63) is 33.8 Å². The Bertz CT molecular complexity index is 342. The molecule has 1 rings (SSSR count). The first kappa shape index (κ1) is 14.2. The third-order valence-corrected chi connectivity index (χ3v) is 4.35. The Labute approximate surface area is 111 Å². The van der Waals surface area contributed by atoms with E-state index < -0.39 is 6.10 Å². The predicted molar refractivity (Wildman–Crippen MR) is 73.6 cm³/mol. The third-order valence-electron chi connectivity index (χ3n) is 2.07. The Morgan fingerprint density at radius 3 is 2.56 bits per heavy atom. The minimum atomic E-state index is -0.546. The fourth-order valence-electron chi connectivity index (χ4n) is 1.28. The van der Waals surface area contributed by atoms with Crippen LogP contribution in [0.25, 0.3) is 0 Å². The molecule has 0 amide bonds. The molecule has 0 aliphatic rings. The number of aliphatic hydroxyl groups excluding tert-OH is 1. The van der Waals surface area contributed by atoms with Crippen LogP contribution in [0.1, 0.15) is 25.5 Å². The highest BCUT2D eigenvalue weighted by Crippen LogP contribution is 2.31. The fraction of sp³-hybridized carbons (Fsp3) is 0.500.